The SMILES string of the molecule is Cc1cc(-c2cn(C)nc2C)ccc1O. The highest BCUT2D eigenvalue weighted by atomic mass is 16.3. The number of hydrogen-bond donors (Lipinski definition) is 1. The summed E-state index contributed by atoms with van der Waals surface area (Å²) < 4.78 is 1.80. The Morgan fingerprint density at radius 2 is 2.00 bits per heavy atom. The molecule has 0 aliphatic heterocycles. The van der Waals surface area contributed by atoms with Gasteiger partial charge in [0.25, 0.3) is 0 Å². The van der Waals surface area contributed by atoms with Gasteiger partial charge >= 0.3 is 0 Å². The summed E-state index contributed by atoms with van der Waals surface area (Å²) in [6.07, 6.45) is 1.99. The molecule has 0 radical (unpaired) electrons. The number of phenolic OH excluding ortho intramolecular Hbond substituents is 1. The molecule has 2 aromatic rings. The zero-order valence-corrected chi connectivity index (χ0v) is 9.15. The summed E-state index contributed by atoms with van der Waals surface area (Å²) in [5, 5.41) is 13.7. The first kappa shape index (κ1) is 9.77. The van der Waals surface area contributed by atoms with Crippen molar-refractivity contribution in [1.29, 1.82) is 0 Å². The third-order valence-corrected chi connectivity index (χ3v) is 2.52. The van der Waals surface area contributed by atoms with Crippen molar-refractivity contribution in [1.82, 2.24) is 9.78 Å². The molecule has 1 N–H and O–H groups in total. The minimum absolute atomic E-state index is 0.334. The van der Waals surface area contributed by atoms with Gasteiger partial charge in [-0.25, -0.2) is 0 Å². The predicted octanol–water partition coefficient (Wildman–Crippen LogP) is 2.41. The number of phenols is 1. The van der Waals surface area contributed by atoms with E-state index in [-0.39, 0.29) is 0 Å². The number of nitrogens with zero attached hydrogens (tertiary/aromatic N) is 2. The van der Waals surface area contributed by atoms with Crippen molar-refractivity contribution in [2.75, 3.05) is 0 Å². The van der Waals surface area contributed by atoms with E-state index in [1.165, 1.54) is 0 Å². The van der Waals surface area contributed by atoms with Crippen molar-refractivity contribution >= 4 is 0 Å². The smallest absolute Gasteiger partial charge is 0.118 e. The maximum Gasteiger partial charge on any atom is 0.118 e. The Bertz CT molecular complexity index is 500. The lowest BCUT2D eigenvalue weighted by Crippen LogP contribution is -1.86. The van der Waals surface area contributed by atoms with Crippen LogP contribution in [0.15, 0.2) is 24.4 Å². The quantitative estimate of drug-likeness (QED) is 0.771. The number of rotatable bonds is 1. The van der Waals surface area contributed by atoms with Crippen LogP contribution in [0.4, 0.5) is 0 Å². The van der Waals surface area contributed by atoms with E-state index in [1.54, 1.807) is 10.7 Å². The van der Waals surface area contributed by atoms with Crippen LogP contribution in [0.3, 0.4) is 0 Å². The summed E-state index contributed by atoms with van der Waals surface area (Å²) in [5.74, 6) is 0.334. The highest BCUT2D eigenvalue weighted by Gasteiger charge is 2.06. The van der Waals surface area contributed by atoms with Gasteiger partial charge in [-0.05, 0) is 37.1 Å². The fourth-order valence-corrected chi connectivity index (χ4v) is 1.71. The van der Waals surface area contributed by atoms with Crippen LogP contribution in [-0.2, 0) is 7.05 Å². The van der Waals surface area contributed by atoms with E-state index in [2.05, 4.69) is 5.10 Å². The topological polar surface area (TPSA) is 38.0 Å². The normalized spacial score (nSPS) is 10.6. The van der Waals surface area contributed by atoms with E-state index in [0.29, 0.717) is 5.75 Å². The van der Waals surface area contributed by atoms with Crippen LogP contribution in [0.1, 0.15) is 11.3 Å². The summed E-state index contributed by atoms with van der Waals surface area (Å²) in [5.41, 5.74) is 4.09. The van der Waals surface area contributed by atoms with Crippen LogP contribution in [0.5, 0.6) is 5.75 Å². The van der Waals surface area contributed by atoms with Crippen molar-refractivity contribution in [3.8, 4) is 16.9 Å². The Balaban J connectivity index is 2.54. The monoisotopic (exact) mass is 202 g/mol. The van der Waals surface area contributed by atoms with Gasteiger partial charge in [-0.3, -0.25) is 4.68 Å². The molecular formula is C12H14N2O. The van der Waals surface area contributed by atoms with Gasteiger partial charge in [0.2, 0.25) is 0 Å². The average Bonchev–Trinajstić information content (AvgIpc) is 2.50. The summed E-state index contributed by atoms with van der Waals surface area (Å²) in [7, 11) is 1.91. The molecule has 0 unspecified atom stereocenters. The molecule has 0 aliphatic carbocycles. The number of aryl methyl sites for hydroxylation is 3. The third kappa shape index (κ3) is 1.73. The van der Waals surface area contributed by atoms with E-state index < -0.39 is 0 Å². The Kier molecular flexibility index (Phi) is 2.23. The fraction of sp³-hybridized carbons (Fsp3) is 0.250. The minimum atomic E-state index is 0.334. The summed E-state index contributed by atoms with van der Waals surface area (Å²) in [4.78, 5) is 0. The molecule has 0 aliphatic rings. The fourth-order valence-electron chi connectivity index (χ4n) is 1.71. The van der Waals surface area contributed by atoms with Gasteiger partial charge < -0.3 is 5.11 Å². The molecule has 78 valence electrons. The Labute approximate surface area is 89.0 Å². The Hall–Kier alpha value is -1.77. The lowest BCUT2D eigenvalue weighted by Gasteiger charge is -2.02. The van der Waals surface area contributed by atoms with Gasteiger partial charge in [-0.15, -0.1) is 0 Å². The molecule has 2 rings (SSSR count). The van der Waals surface area contributed by atoms with Crippen LogP contribution < -0.4 is 0 Å². The maximum absolute atomic E-state index is 9.44. The van der Waals surface area contributed by atoms with Gasteiger partial charge in [0.15, 0.2) is 0 Å². The zero-order chi connectivity index (χ0) is 11.0. The zero-order valence-electron chi connectivity index (χ0n) is 9.15. The van der Waals surface area contributed by atoms with Crippen LogP contribution in [0.25, 0.3) is 11.1 Å². The highest BCUT2D eigenvalue weighted by molar-refractivity contribution is 5.66. The molecule has 3 heteroatoms. The van der Waals surface area contributed by atoms with Crippen molar-refractivity contribution in [3.63, 3.8) is 0 Å². The summed E-state index contributed by atoms with van der Waals surface area (Å²) >= 11 is 0. The second kappa shape index (κ2) is 3.42. The van der Waals surface area contributed by atoms with Crippen molar-refractivity contribution in [2.24, 2.45) is 7.05 Å². The average molecular weight is 202 g/mol. The molecule has 0 amide bonds. The lowest BCUT2D eigenvalue weighted by molar-refractivity contribution is 0.471. The van der Waals surface area contributed by atoms with E-state index in [9.17, 15) is 5.11 Å². The van der Waals surface area contributed by atoms with E-state index in [1.807, 2.05) is 39.2 Å². The number of benzene rings is 1. The van der Waals surface area contributed by atoms with E-state index >= 15 is 0 Å². The van der Waals surface area contributed by atoms with Crippen molar-refractivity contribution in [3.05, 3.63) is 35.7 Å². The predicted molar refractivity (Wildman–Crippen MR) is 59.8 cm³/mol. The molecule has 0 saturated carbocycles. The number of aromatic hydroxyl groups is 1. The largest absolute Gasteiger partial charge is 0.508 e. The molecule has 1 aromatic heterocycles. The molecule has 0 fully saturated rings. The maximum atomic E-state index is 9.44. The van der Waals surface area contributed by atoms with Gasteiger partial charge in [0.1, 0.15) is 5.75 Å². The highest BCUT2D eigenvalue weighted by Crippen LogP contribution is 2.26. The van der Waals surface area contributed by atoms with Crippen molar-refractivity contribution < 1.29 is 5.11 Å². The number of hydrogen-bond acceptors (Lipinski definition) is 2. The van der Waals surface area contributed by atoms with E-state index in [0.717, 1.165) is 22.4 Å². The molecule has 1 heterocycles. The third-order valence-electron chi connectivity index (χ3n) is 2.52. The van der Waals surface area contributed by atoms with Gasteiger partial charge in [-0.2, -0.15) is 5.10 Å². The lowest BCUT2D eigenvalue weighted by atomic mass is 10.0. The van der Waals surface area contributed by atoms with Gasteiger partial charge in [-0.1, -0.05) is 6.07 Å². The van der Waals surface area contributed by atoms with E-state index in [4.69, 9.17) is 0 Å². The molecule has 0 spiro atoms. The Morgan fingerprint density at radius 1 is 1.27 bits per heavy atom. The minimum Gasteiger partial charge on any atom is -0.508 e. The van der Waals surface area contributed by atoms with Crippen LogP contribution in [-0.4, -0.2) is 14.9 Å². The standard InChI is InChI=1S/C12H14N2O/c1-8-6-10(4-5-12(8)15)11-7-14(3)13-9(11)2/h4-7,15H,1-3H3. The van der Waals surface area contributed by atoms with Gasteiger partial charge in [0, 0.05) is 18.8 Å². The second-order valence-electron chi connectivity index (χ2n) is 3.80. The molecule has 0 bridgehead atoms. The molecule has 1 aromatic carbocycles. The Morgan fingerprint density at radius 3 is 2.53 bits per heavy atom. The van der Waals surface area contributed by atoms with Crippen molar-refractivity contribution in [2.45, 2.75) is 13.8 Å². The first-order valence-corrected chi connectivity index (χ1v) is 4.88. The summed E-state index contributed by atoms with van der Waals surface area (Å²) in [6, 6.07) is 5.60. The molecule has 0 atom stereocenters. The first-order chi connectivity index (χ1) is 7.08. The molecular weight excluding hydrogens is 188 g/mol. The molecule has 0 saturated heterocycles. The van der Waals surface area contributed by atoms with Gasteiger partial charge in [0.05, 0.1) is 5.69 Å². The molecule has 15 heavy (non-hydrogen) atoms. The van der Waals surface area contributed by atoms with Crippen LogP contribution in [0.2, 0.25) is 0 Å². The molecule has 3 nitrogen and oxygen atoms in total. The summed E-state index contributed by atoms with van der Waals surface area (Å²) in [6.45, 7) is 3.88. The van der Waals surface area contributed by atoms with Crippen LogP contribution in [0, 0.1) is 13.8 Å². The first-order valence-electron chi connectivity index (χ1n) is 4.88. The second-order valence-corrected chi connectivity index (χ2v) is 3.80. The van der Waals surface area contributed by atoms with Crippen LogP contribution >= 0.6 is 0 Å². The number of aromatic nitrogens is 2.